The van der Waals surface area contributed by atoms with Crippen LogP contribution in [0.1, 0.15) is 10.6 Å². The van der Waals surface area contributed by atoms with Gasteiger partial charge in [-0.3, -0.25) is 14.2 Å². The summed E-state index contributed by atoms with van der Waals surface area (Å²) in [6.07, 6.45) is 3.06. The lowest BCUT2D eigenvalue weighted by Gasteiger charge is -2.34. The molecule has 2 amide bonds. The van der Waals surface area contributed by atoms with Crippen molar-refractivity contribution in [3.63, 3.8) is 0 Å². The lowest BCUT2D eigenvalue weighted by atomic mass is 10.3. The molecule has 0 spiro atoms. The fraction of sp³-hybridized carbons (Fsp3) is 0.250. The van der Waals surface area contributed by atoms with E-state index in [4.69, 9.17) is 13.6 Å². The van der Waals surface area contributed by atoms with E-state index in [1.54, 1.807) is 41.4 Å². The zero-order chi connectivity index (χ0) is 24.2. The number of thioether (sulfide) groups is 1. The molecule has 1 aliphatic rings. The van der Waals surface area contributed by atoms with Crippen LogP contribution in [0.25, 0.3) is 17.3 Å². The molecule has 0 saturated carbocycles. The van der Waals surface area contributed by atoms with Gasteiger partial charge in [0.25, 0.3) is 5.91 Å². The van der Waals surface area contributed by atoms with Crippen molar-refractivity contribution >= 4 is 23.6 Å². The van der Waals surface area contributed by atoms with Crippen molar-refractivity contribution in [1.29, 1.82) is 0 Å². The number of rotatable bonds is 7. The third-order valence-corrected chi connectivity index (χ3v) is 6.60. The van der Waals surface area contributed by atoms with Gasteiger partial charge in [-0.1, -0.05) is 11.8 Å². The maximum absolute atomic E-state index is 12.9. The van der Waals surface area contributed by atoms with E-state index in [1.807, 2.05) is 34.9 Å². The SMILES string of the molecule is COc1ccc(-n2c(SCC(=O)N3CCN(C(=O)c4ccco4)CC3)nnc2-c2ccco2)cc1. The van der Waals surface area contributed by atoms with Crippen molar-refractivity contribution in [1.82, 2.24) is 24.6 Å². The molecular formula is C24H23N5O5S. The van der Waals surface area contributed by atoms with Crippen molar-refractivity contribution in [2.75, 3.05) is 39.0 Å². The third kappa shape index (κ3) is 4.80. The molecule has 0 unspecified atom stereocenters. The van der Waals surface area contributed by atoms with Crippen LogP contribution in [0, 0.1) is 0 Å². The molecule has 0 N–H and O–H groups in total. The Bertz CT molecular complexity index is 1280. The van der Waals surface area contributed by atoms with Gasteiger partial charge in [0, 0.05) is 26.2 Å². The number of nitrogens with zero attached hydrogens (tertiary/aromatic N) is 5. The van der Waals surface area contributed by atoms with Crippen LogP contribution in [0.5, 0.6) is 5.75 Å². The molecule has 11 heteroatoms. The van der Waals surface area contributed by atoms with E-state index in [0.29, 0.717) is 48.7 Å². The van der Waals surface area contributed by atoms with Gasteiger partial charge in [-0.25, -0.2) is 0 Å². The van der Waals surface area contributed by atoms with Crippen LogP contribution in [0.3, 0.4) is 0 Å². The van der Waals surface area contributed by atoms with E-state index in [9.17, 15) is 9.59 Å². The number of hydrogen-bond acceptors (Lipinski definition) is 8. The molecule has 35 heavy (non-hydrogen) atoms. The Kier molecular flexibility index (Phi) is 6.57. The predicted molar refractivity (Wildman–Crippen MR) is 128 cm³/mol. The summed E-state index contributed by atoms with van der Waals surface area (Å²) in [6.45, 7) is 1.85. The van der Waals surface area contributed by atoms with E-state index >= 15 is 0 Å². The minimum atomic E-state index is -0.158. The summed E-state index contributed by atoms with van der Waals surface area (Å²) in [4.78, 5) is 28.8. The molecule has 4 heterocycles. The van der Waals surface area contributed by atoms with Gasteiger partial charge in [0.05, 0.1) is 31.1 Å². The van der Waals surface area contributed by atoms with Gasteiger partial charge in [0.2, 0.25) is 11.7 Å². The predicted octanol–water partition coefficient (Wildman–Crippen LogP) is 3.21. The average molecular weight is 494 g/mol. The van der Waals surface area contributed by atoms with E-state index < -0.39 is 0 Å². The second-order valence-electron chi connectivity index (χ2n) is 7.76. The Hall–Kier alpha value is -3.99. The molecule has 0 atom stereocenters. The lowest BCUT2D eigenvalue weighted by molar-refractivity contribution is -0.129. The van der Waals surface area contributed by atoms with Gasteiger partial charge in [0.15, 0.2) is 16.7 Å². The molecule has 1 fully saturated rings. The standard InChI is InChI=1S/C24H23N5O5S/c1-32-18-8-6-17(7-9-18)29-22(19-4-2-14-33-19)25-26-24(29)35-16-21(30)27-10-12-28(13-11-27)23(31)20-5-3-15-34-20/h2-9,14-15H,10-13,16H2,1H3. The van der Waals surface area contributed by atoms with Crippen molar-refractivity contribution in [2.45, 2.75) is 5.16 Å². The Balaban J connectivity index is 1.26. The summed E-state index contributed by atoms with van der Waals surface area (Å²) in [6, 6.07) is 14.4. The highest BCUT2D eigenvalue weighted by Crippen LogP contribution is 2.29. The molecule has 180 valence electrons. The molecule has 4 aromatic rings. The van der Waals surface area contributed by atoms with Crippen molar-refractivity contribution in [3.05, 3.63) is 66.8 Å². The molecule has 0 radical (unpaired) electrons. The third-order valence-electron chi connectivity index (χ3n) is 5.68. The molecule has 0 aliphatic carbocycles. The molecule has 10 nitrogen and oxygen atoms in total. The molecule has 0 bridgehead atoms. The topological polar surface area (TPSA) is 107 Å². The Labute approximate surface area is 205 Å². The van der Waals surface area contributed by atoms with E-state index in [-0.39, 0.29) is 17.6 Å². The second kappa shape index (κ2) is 10.1. The number of carbonyl (C=O) groups excluding carboxylic acids is 2. The van der Waals surface area contributed by atoms with Crippen LogP contribution in [-0.2, 0) is 4.79 Å². The zero-order valence-electron chi connectivity index (χ0n) is 19.0. The van der Waals surface area contributed by atoms with Gasteiger partial charge in [-0.15, -0.1) is 10.2 Å². The van der Waals surface area contributed by atoms with Crippen molar-refractivity contribution in [2.24, 2.45) is 0 Å². The number of benzene rings is 1. The van der Waals surface area contributed by atoms with Gasteiger partial charge < -0.3 is 23.4 Å². The van der Waals surface area contributed by atoms with Gasteiger partial charge in [-0.05, 0) is 48.5 Å². The van der Waals surface area contributed by atoms with Gasteiger partial charge in [0.1, 0.15) is 5.75 Å². The number of furan rings is 2. The second-order valence-corrected chi connectivity index (χ2v) is 8.70. The number of amides is 2. The Morgan fingerprint density at radius 1 is 0.943 bits per heavy atom. The molecule has 1 aliphatic heterocycles. The number of methoxy groups -OCH3 is 1. The summed E-state index contributed by atoms with van der Waals surface area (Å²) >= 11 is 1.31. The summed E-state index contributed by atoms with van der Waals surface area (Å²) in [5, 5.41) is 9.20. The first kappa shape index (κ1) is 22.8. The maximum atomic E-state index is 12.9. The fourth-order valence-corrected chi connectivity index (χ4v) is 4.68. The average Bonchev–Trinajstić information content (AvgIpc) is 3.69. The van der Waals surface area contributed by atoms with Crippen LogP contribution >= 0.6 is 11.8 Å². The van der Waals surface area contributed by atoms with E-state index in [2.05, 4.69) is 10.2 Å². The van der Waals surface area contributed by atoms with Crippen LogP contribution in [0.2, 0.25) is 0 Å². The number of aromatic nitrogens is 3. The van der Waals surface area contributed by atoms with Crippen LogP contribution < -0.4 is 4.74 Å². The van der Waals surface area contributed by atoms with Crippen LogP contribution in [-0.4, -0.2) is 75.4 Å². The Morgan fingerprint density at radius 3 is 2.31 bits per heavy atom. The monoisotopic (exact) mass is 493 g/mol. The number of ether oxygens (including phenoxy) is 1. The highest BCUT2D eigenvalue weighted by molar-refractivity contribution is 7.99. The smallest absolute Gasteiger partial charge is 0.289 e. The summed E-state index contributed by atoms with van der Waals surface area (Å²) < 4.78 is 17.9. The molecule has 1 aromatic carbocycles. The number of carbonyl (C=O) groups is 2. The van der Waals surface area contributed by atoms with Crippen LogP contribution in [0.15, 0.2) is 75.0 Å². The van der Waals surface area contributed by atoms with E-state index in [1.165, 1.54) is 18.0 Å². The Morgan fingerprint density at radius 2 is 1.66 bits per heavy atom. The highest BCUT2D eigenvalue weighted by Gasteiger charge is 2.27. The molecule has 5 rings (SSSR count). The summed E-state index contributed by atoms with van der Waals surface area (Å²) in [5.74, 6) is 2.17. The van der Waals surface area contributed by atoms with Gasteiger partial charge >= 0.3 is 0 Å². The first-order valence-corrected chi connectivity index (χ1v) is 12.0. The summed E-state index contributed by atoms with van der Waals surface area (Å²) in [7, 11) is 1.61. The zero-order valence-corrected chi connectivity index (χ0v) is 19.8. The fourth-order valence-electron chi connectivity index (χ4n) is 3.83. The van der Waals surface area contributed by atoms with Crippen LogP contribution in [0.4, 0.5) is 0 Å². The maximum Gasteiger partial charge on any atom is 0.289 e. The highest BCUT2D eigenvalue weighted by atomic mass is 32.2. The minimum absolute atomic E-state index is 0.0241. The lowest BCUT2D eigenvalue weighted by Crippen LogP contribution is -2.51. The van der Waals surface area contributed by atoms with Crippen molar-refractivity contribution < 1.29 is 23.2 Å². The number of hydrogen-bond donors (Lipinski definition) is 0. The first-order valence-electron chi connectivity index (χ1n) is 11.0. The van der Waals surface area contributed by atoms with Gasteiger partial charge in [-0.2, -0.15) is 0 Å². The first-order chi connectivity index (χ1) is 17.1. The molecule has 3 aromatic heterocycles. The van der Waals surface area contributed by atoms with Crippen molar-refractivity contribution in [3.8, 4) is 23.0 Å². The minimum Gasteiger partial charge on any atom is -0.497 e. The van der Waals surface area contributed by atoms with E-state index in [0.717, 1.165) is 11.4 Å². The molecule has 1 saturated heterocycles. The quantitative estimate of drug-likeness (QED) is 0.361. The largest absolute Gasteiger partial charge is 0.497 e. The molecular weight excluding hydrogens is 470 g/mol. The normalized spacial score (nSPS) is 13.7. The number of piperazine rings is 1. The summed E-state index contributed by atoms with van der Waals surface area (Å²) in [5.41, 5.74) is 0.821.